The molecule has 2 aromatic carbocycles. The Morgan fingerprint density at radius 2 is 1.80 bits per heavy atom. The molecule has 1 aromatic heterocycles. The van der Waals surface area contributed by atoms with Gasteiger partial charge in [0.15, 0.2) is 12.0 Å². The van der Waals surface area contributed by atoms with Crippen LogP contribution in [-0.4, -0.2) is 42.5 Å². The molecule has 9 nitrogen and oxygen atoms in total. The van der Waals surface area contributed by atoms with Crippen molar-refractivity contribution in [3.63, 3.8) is 0 Å². The Hall–Kier alpha value is -3.70. The summed E-state index contributed by atoms with van der Waals surface area (Å²) in [4.78, 5) is 26.5. The fourth-order valence-corrected chi connectivity index (χ4v) is 6.65. The van der Waals surface area contributed by atoms with Gasteiger partial charge in [-0.15, -0.1) is 0 Å². The van der Waals surface area contributed by atoms with Crippen molar-refractivity contribution in [1.29, 1.82) is 0 Å². The van der Waals surface area contributed by atoms with Crippen LogP contribution >= 0.6 is 0 Å². The maximum atomic E-state index is 15.5. The number of pyridine rings is 1. The molecular weight excluding hydrogens is 539 g/mol. The lowest BCUT2D eigenvalue weighted by Gasteiger charge is -2.37. The summed E-state index contributed by atoms with van der Waals surface area (Å²) in [7, 11) is -3.89. The number of hydrogen-bond donors (Lipinski definition) is 1. The molecule has 1 unspecified atom stereocenters. The second-order valence-corrected chi connectivity index (χ2v) is 13.1. The highest BCUT2D eigenvalue weighted by molar-refractivity contribution is 7.92. The van der Waals surface area contributed by atoms with Gasteiger partial charge in [0.25, 0.3) is 5.56 Å². The number of aromatic nitrogens is 1. The molecule has 1 N–H and O–H groups in total. The standard InChI is InChI=1S/C29H31FN2O7S/c1-15-21(18-10-11-20-31(27(18)33)12-13-38-20)23(26(28(34)35)39-29(3,4)5)16(2)25-22(15)24-17(8-7-9-19(24)30)14-32(25)40(6,36)37/h7-11,26H,12-14H2,1-6H3,(H,34,35). The molecule has 0 aliphatic carbocycles. The number of anilines is 1. The minimum absolute atomic E-state index is 0.130. The van der Waals surface area contributed by atoms with Gasteiger partial charge in [0.1, 0.15) is 12.4 Å². The number of carboxylic acids is 1. The summed E-state index contributed by atoms with van der Waals surface area (Å²) in [5, 5.41) is 10.4. The van der Waals surface area contributed by atoms with Crippen LogP contribution in [0.4, 0.5) is 10.1 Å². The van der Waals surface area contributed by atoms with Gasteiger partial charge in [-0.1, -0.05) is 12.1 Å². The van der Waals surface area contributed by atoms with E-state index >= 15 is 4.39 Å². The van der Waals surface area contributed by atoms with E-state index < -0.39 is 39.1 Å². The van der Waals surface area contributed by atoms with Crippen LogP contribution in [0, 0.1) is 19.7 Å². The molecule has 3 aromatic rings. The summed E-state index contributed by atoms with van der Waals surface area (Å²) in [5.74, 6) is -1.47. The number of rotatable bonds is 5. The van der Waals surface area contributed by atoms with Crippen molar-refractivity contribution >= 4 is 21.7 Å². The Kier molecular flexibility index (Phi) is 6.58. The van der Waals surface area contributed by atoms with Gasteiger partial charge in [-0.2, -0.15) is 0 Å². The summed E-state index contributed by atoms with van der Waals surface area (Å²) in [6.45, 7) is 8.88. The highest BCUT2D eigenvalue weighted by Crippen LogP contribution is 2.51. The van der Waals surface area contributed by atoms with Gasteiger partial charge in [0, 0.05) is 22.3 Å². The summed E-state index contributed by atoms with van der Waals surface area (Å²) < 4.78 is 55.9. The number of hydrogen-bond acceptors (Lipinski definition) is 6. The number of aliphatic carboxylic acids is 1. The fourth-order valence-electron chi connectivity index (χ4n) is 5.71. The lowest BCUT2D eigenvalue weighted by atomic mass is 9.80. The molecule has 0 spiro atoms. The monoisotopic (exact) mass is 570 g/mol. The van der Waals surface area contributed by atoms with Gasteiger partial charge >= 0.3 is 5.97 Å². The molecule has 0 amide bonds. The van der Waals surface area contributed by atoms with E-state index in [-0.39, 0.29) is 40.0 Å². The number of halogens is 1. The number of benzene rings is 2. The van der Waals surface area contributed by atoms with Crippen molar-refractivity contribution in [3.8, 4) is 28.1 Å². The molecule has 0 saturated heterocycles. The lowest BCUT2D eigenvalue weighted by Crippen LogP contribution is -2.35. The molecule has 3 heterocycles. The van der Waals surface area contributed by atoms with E-state index in [2.05, 4.69) is 0 Å². The van der Waals surface area contributed by atoms with Gasteiger partial charge in [0.2, 0.25) is 10.0 Å². The van der Waals surface area contributed by atoms with E-state index in [1.807, 2.05) is 0 Å². The van der Waals surface area contributed by atoms with E-state index in [1.54, 1.807) is 52.8 Å². The van der Waals surface area contributed by atoms with Crippen LogP contribution in [0.1, 0.15) is 49.1 Å². The summed E-state index contributed by atoms with van der Waals surface area (Å²) in [5.41, 5.74) is 1.07. The van der Waals surface area contributed by atoms with Crippen LogP contribution in [0.3, 0.4) is 0 Å². The van der Waals surface area contributed by atoms with Crippen molar-refractivity contribution in [3.05, 3.63) is 68.8 Å². The smallest absolute Gasteiger partial charge is 0.337 e. The molecule has 2 aliphatic rings. The van der Waals surface area contributed by atoms with Gasteiger partial charge in [-0.3, -0.25) is 13.7 Å². The zero-order valence-electron chi connectivity index (χ0n) is 23.2. The maximum Gasteiger partial charge on any atom is 0.337 e. The number of fused-ring (bicyclic) bond motifs is 4. The number of ether oxygens (including phenoxy) is 2. The average molecular weight is 571 g/mol. The first-order chi connectivity index (χ1) is 18.6. The van der Waals surface area contributed by atoms with Crippen molar-refractivity contribution < 1.29 is 32.2 Å². The first-order valence-corrected chi connectivity index (χ1v) is 14.7. The van der Waals surface area contributed by atoms with E-state index in [9.17, 15) is 23.1 Å². The third kappa shape index (κ3) is 4.46. The minimum atomic E-state index is -3.89. The first kappa shape index (κ1) is 27.9. The Morgan fingerprint density at radius 3 is 2.42 bits per heavy atom. The van der Waals surface area contributed by atoms with E-state index in [1.165, 1.54) is 21.0 Å². The Labute approximate surface area is 231 Å². The molecule has 0 bridgehead atoms. The van der Waals surface area contributed by atoms with Gasteiger partial charge in [-0.25, -0.2) is 17.6 Å². The van der Waals surface area contributed by atoms with Crippen LogP contribution in [0.25, 0.3) is 22.3 Å². The second kappa shape index (κ2) is 9.45. The highest BCUT2D eigenvalue weighted by atomic mass is 32.2. The van der Waals surface area contributed by atoms with Gasteiger partial charge in [0.05, 0.1) is 30.6 Å². The van der Waals surface area contributed by atoms with E-state index in [0.717, 1.165) is 6.26 Å². The quantitative estimate of drug-likeness (QED) is 0.479. The topological polar surface area (TPSA) is 115 Å². The third-order valence-electron chi connectivity index (χ3n) is 7.26. The molecule has 11 heteroatoms. The summed E-state index contributed by atoms with van der Waals surface area (Å²) >= 11 is 0. The Balaban J connectivity index is 1.99. The zero-order chi connectivity index (χ0) is 29.3. The van der Waals surface area contributed by atoms with Crippen molar-refractivity contribution in [2.45, 2.75) is 59.4 Å². The largest absolute Gasteiger partial charge is 0.479 e. The molecule has 1 atom stereocenters. The molecular formula is C29H31FN2O7S. The van der Waals surface area contributed by atoms with Crippen molar-refractivity contribution in [2.75, 3.05) is 17.2 Å². The normalized spacial score (nSPS) is 15.2. The summed E-state index contributed by atoms with van der Waals surface area (Å²) in [6.07, 6.45) is -0.507. The van der Waals surface area contributed by atoms with Crippen molar-refractivity contribution in [2.24, 2.45) is 0 Å². The number of carbonyl (C=O) groups is 1. The van der Waals surface area contributed by atoms with Crippen LogP contribution in [0.5, 0.6) is 5.88 Å². The minimum Gasteiger partial charge on any atom is -0.479 e. The Morgan fingerprint density at radius 1 is 1.10 bits per heavy atom. The van der Waals surface area contributed by atoms with Gasteiger partial charge in [-0.05, 0) is 75.1 Å². The molecule has 0 radical (unpaired) electrons. The van der Waals surface area contributed by atoms with Crippen LogP contribution in [0.2, 0.25) is 0 Å². The maximum absolute atomic E-state index is 15.5. The summed E-state index contributed by atoms with van der Waals surface area (Å²) in [6, 6.07) is 7.67. The number of sulfonamides is 1. The van der Waals surface area contributed by atoms with Gasteiger partial charge < -0.3 is 14.6 Å². The van der Waals surface area contributed by atoms with Crippen LogP contribution < -0.4 is 14.6 Å². The van der Waals surface area contributed by atoms with E-state index in [0.29, 0.717) is 35.7 Å². The molecule has 40 heavy (non-hydrogen) atoms. The Bertz CT molecular complexity index is 1740. The highest BCUT2D eigenvalue weighted by Gasteiger charge is 2.40. The SMILES string of the molecule is Cc1c(-c2ccc3n(c2=O)CCO3)c(C(OC(C)(C)C)C(=O)O)c(C)c2c1-c1c(F)cccc1CN2S(C)(=O)=O. The lowest BCUT2D eigenvalue weighted by molar-refractivity contribution is -0.160. The third-order valence-corrected chi connectivity index (χ3v) is 8.37. The number of nitrogens with zero attached hydrogens (tertiary/aromatic N) is 2. The van der Waals surface area contributed by atoms with Crippen LogP contribution in [-0.2, 0) is 32.6 Å². The van der Waals surface area contributed by atoms with E-state index in [4.69, 9.17) is 9.47 Å². The molecule has 0 fully saturated rings. The molecule has 0 saturated carbocycles. The molecule has 2 aliphatic heterocycles. The first-order valence-electron chi connectivity index (χ1n) is 12.8. The van der Waals surface area contributed by atoms with Crippen LogP contribution in [0.15, 0.2) is 35.1 Å². The predicted octanol–water partition coefficient (Wildman–Crippen LogP) is 4.55. The van der Waals surface area contributed by atoms with Crippen molar-refractivity contribution in [1.82, 2.24) is 4.57 Å². The predicted molar refractivity (Wildman–Crippen MR) is 149 cm³/mol. The number of carboxylic acid groups (broad SMARTS) is 1. The zero-order valence-corrected chi connectivity index (χ0v) is 24.0. The fraction of sp³-hybridized carbons (Fsp3) is 0.379. The molecule has 5 rings (SSSR count). The molecule has 212 valence electrons. The second-order valence-electron chi connectivity index (χ2n) is 11.1. The average Bonchev–Trinajstić information content (AvgIpc) is 3.33.